The Kier molecular flexibility index (Phi) is 6.20. The Labute approximate surface area is 312 Å². The lowest BCUT2D eigenvalue weighted by atomic mass is 9.88. The first-order chi connectivity index (χ1) is 26.8. The number of fused-ring (bicyclic) bond motifs is 13. The van der Waals surface area contributed by atoms with Crippen molar-refractivity contribution in [2.45, 2.75) is 19.1 Å². The molecule has 1 aliphatic heterocycles. The predicted octanol–water partition coefficient (Wildman–Crippen LogP) is 12.2. The highest BCUT2D eigenvalue weighted by Gasteiger charge is 2.31. The normalized spacial score (nSPS) is 15.0. The Morgan fingerprint density at radius 2 is 1.22 bits per heavy atom. The summed E-state index contributed by atoms with van der Waals surface area (Å²) in [6, 6.07) is 62.0. The van der Waals surface area contributed by atoms with Gasteiger partial charge in [-0.05, 0) is 70.5 Å². The van der Waals surface area contributed by atoms with E-state index < -0.39 is 0 Å². The molecule has 0 amide bonds. The van der Waals surface area contributed by atoms with Crippen molar-refractivity contribution in [2.75, 3.05) is 5.32 Å². The third kappa shape index (κ3) is 4.11. The highest BCUT2D eigenvalue weighted by Crippen LogP contribution is 2.46. The summed E-state index contributed by atoms with van der Waals surface area (Å²) in [6.45, 7) is 0. The Morgan fingerprint density at radius 3 is 2.11 bits per heavy atom. The molecule has 1 aliphatic carbocycles. The summed E-state index contributed by atoms with van der Waals surface area (Å²) in [5.41, 5.74) is 14.5. The molecule has 4 heteroatoms. The molecular formula is C50H34N4. The first-order valence-electron chi connectivity index (χ1n) is 18.9. The SMILES string of the molecule is c1ccc(-n2c3cc(C4=NC(n5c6c(c7ccccc75)-c5ccccc5CC6)Nc5ccccc54)c4ccccc4c3c3ccc4ccccc4c32)cc1. The van der Waals surface area contributed by atoms with E-state index in [9.17, 15) is 0 Å². The quantitative estimate of drug-likeness (QED) is 0.197. The number of hydrogen-bond donors (Lipinski definition) is 1. The van der Waals surface area contributed by atoms with Crippen molar-refractivity contribution in [1.29, 1.82) is 0 Å². The van der Waals surface area contributed by atoms with E-state index >= 15 is 0 Å². The van der Waals surface area contributed by atoms with Gasteiger partial charge in [0, 0.05) is 55.3 Å². The second-order valence-electron chi connectivity index (χ2n) is 14.6. The largest absolute Gasteiger partial charge is 0.346 e. The molecule has 1 unspecified atom stereocenters. The van der Waals surface area contributed by atoms with Gasteiger partial charge in [-0.3, -0.25) is 0 Å². The van der Waals surface area contributed by atoms with E-state index in [1.807, 2.05) is 0 Å². The molecule has 0 saturated heterocycles. The minimum atomic E-state index is -0.327. The Bertz CT molecular complexity index is 3200. The van der Waals surface area contributed by atoms with Gasteiger partial charge in [0.25, 0.3) is 0 Å². The third-order valence-corrected chi connectivity index (χ3v) is 11.8. The second kappa shape index (κ2) is 11.3. The summed E-state index contributed by atoms with van der Waals surface area (Å²) in [4.78, 5) is 5.77. The molecule has 2 aromatic heterocycles. The topological polar surface area (TPSA) is 34.2 Å². The summed E-state index contributed by atoms with van der Waals surface area (Å²) in [5.74, 6) is 0. The summed E-state index contributed by atoms with van der Waals surface area (Å²) in [5, 5.41) is 12.6. The van der Waals surface area contributed by atoms with Crippen molar-refractivity contribution in [3.8, 4) is 16.8 Å². The first kappa shape index (κ1) is 29.6. The van der Waals surface area contributed by atoms with Gasteiger partial charge < -0.3 is 14.5 Å². The van der Waals surface area contributed by atoms with Crippen LogP contribution in [0.4, 0.5) is 5.69 Å². The number of nitrogens with zero attached hydrogens (tertiary/aromatic N) is 3. The van der Waals surface area contributed by atoms with Gasteiger partial charge in [0.15, 0.2) is 0 Å². The second-order valence-corrected chi connectivity index (χ2v) is 14.6. The van der Waals surface area contributed by atoms with E-state index in [2.05, 4.69) is 184 Å². The molecule has 2 aliphatic rings. The van der Waals surface area contributed by atoms with Crippen molar-refractivity contribution >= 4 is 65.7 Å². The van der Waals surface area contributed by atoms with E-state index in [1.165, 1.54) is 76.6 Å². The lowest BCUT2D eigenvalue weighted by Gasteiger charge is -2.30. The van der Waals surface area contributed by atoms with E-state index in [4.69, 9.17) is 4.99 Å². The van der Waals surface area contributed by atoms with Crippen molar-refractivity contribution in [1.82, 2.24) is 9.13 Å². The Morgan fingerprint density at radius 1 is 0.519 bits per heavy atom. The van der Waals surface area contributed by atoms with Crippen LogP contribution in [0.2, 0.25) is 0 Å². The van der Waals surface area contributed by atoms with Gasteiger partial charge >= 0.3 is 0 Å². The minimum Gasteiger partial charge on any atom is -0.346 e. The van der Waals surface area contributed by atoms with Gasteiger partial charge in [-0.1, -0.05) is 140 Å². The van der Waals surface area contributed by atoms with Crippen molar-refractivity contribution in [3.63, 3.8) is 0 Å². The molecule has 0 fully saturated rings. The number of para-hydroxylation sites is 3. The van der Waals surface area contributed by atoms with Crippen LogP contribution in [0.15, 0.2) is 175 Å². The zero-order chi connectivity index (χ0) is 35.3. The summed E-state index contributed by atoms with van der Waals surface area (Å²) < 4.78 is 4.95. The number of anilines is 1. The fraction of sp³-hybridized carbons (Fsp3) is 0.0600. The van der Waals surface area contributed by atoms with E-state index in [0.717, 1.165) is 41.1 Å². The van der Waals surface area contributed by atoms with E-state index in [0.29, 0.717) is 0 Å². The van der Waals surface area contributed by atoms with Crippen LogP contribution in [-0.2, 0) is 12.8 Å². The smallest absolute Gasteiger partial charge is 0.201 e. The number of aryl methyl sites for hydroxylation is 1. The van der Waals surface area contributed by atoms with E-state index in [-0.39, 0.29) is 6.29 Å². The molecule has 0 bridgehead atoms. The van der Waals surface area contributed by atoms with Crippen LogP contribution in [0.5, 0.6) is 0 Å². The molecule has 4 nitrogen and oxygen atoms in total. The lowest BCUT2D eigenvalue weighted by Crippen LogP contribution is -2.26. The number of nitrogens with one attached hydrogen (secondary N) is 1. The Balaban J connectivity index is 1.18. The van der Waals surface area contributed by atoms with Gasteiger partial charge in [0.05, 0.1) is 22.3 Å². The van der Waals surface area contributed by atoms with Crippen molar-refractivity contribution < 1.29 is 0 Å². The average Bonchev–Trinajstić information content (AvgIpc) is 3.77. The molecule has 0 saturated carbocycles. The van der Waals surface area contributed by atoms with Crippen LogP contribution in [0.1, 0.15) is 28.7 Å². The fourth-order valence-electron chi connectivity index (χ4n) is 9.57. The van der Waals surface area contributed by atoms with Crippen LogP contribution in [0.25, 0.3) is 71.1 Å². The minimum absolute atomic E-state index is 0.327. The molecule has 254 valence electrons. The molecule has 54 heavy (non-hydrogen) atoms. The summed E-state index contributed by atoms with van der Waals surface area (Å²) >= 11 is 0. The maximum Gasteiger partial charge on any atom is 0.201 e. The van der Waals surface area contributed by atoms with Gasteiger partial charge in [-0.2, -0.15) is 0 Å². The van der Waals surface area contributed by atoms with Gasteiger partial charge in [-0.25, -0.2) is 4.99 Å². The van der Waals surface area contributed by atoms with Gasteiger partial charge in [0.1, 0.15) is 0 Å². The molecule has 12 rings (SSSR count). The lowest BCUT2D eigenvalue weighted by molar-refractivity contribution is 0.578. The third-order valence-electron chi connectivity index (χ3n) is 11.8. The number of aliphatic imine (C=N–C) groups is 1. The molecular weight excluding hydrogens is 657 g/mol. The molecule has 10 aromatic rings. The standard InChI is InChI=1S/C50H34N4/c1-2-16-33(17-3-1)53-45-30-41(36-20-8-9-21-37(36)47(45)40-28-26-32-15-5-7-19-35(32)49(40)53)48-38-22-10-12-24-42(38)51-50(52-48)54-43-25-13-11-23-39(43)46-34-18-6-4-14-31(34)27-29-44(46)54/h1-26,28,30,50-51H,27,29H2. The zero-order valence-corrected chi connectivity index (χ0v) is 29.5. The molecule has 0 radical (unpaired) electrons. The number of hydrogen-bond acceptors (Lipinski definition) is 2. The van der Waals surface area contributed by atoms with Crippen LogP contribution < -0.4 is 5.32 Å². The van der Waals surface area contributed by atoms with Gasteiger partial charge in [-0.15, -0.1) is 0 Å². The monoisotopic (exact) mass is 690 g/mol. The maximum atomic E-state index is 5.77. The predicted molar refractivity (Wildman–Crippen MR) is 225 cm³/mol. The van der Waals surface area contributed by atoms with Crippen LogP contribution in [0, 0.1) is 0 Å². The zero-order valence-electron chi connectivity index (χ0n) is 29.5. The maximum absolute atomic E-state index is 5.77. The number of aromatic nitrogens is 2. The highest BCUT2D eigenvalue weighted by molar-refractivity contribution is 6.31. The summed E-state index contributed by atoms with van der Waals surface area (Å²) in [7, 11) is 0. The molecule has 1 N–H and O–H groups in total. The highest BCUT2D eigenvalue weighted by atomic mass is 15.3. The number of benzene rings is 8. The van der Waals surface area contributed by atoms with E-state index in [1.54, 1.807) is 0 Å². The summed E-state index contributed by atoms with van der Waals surface area (Å²) in [6.07, 6.45) is 1.65. The van der Waals surface area contributed by atoms with Crippen molar-refractivity contribution in [3.05, 3.63) is 192 Å². The molecule has 8 aromatic carbocycles. The molecule has 0 spiro atoms. The van der Waals surface area contributed by atoms with Crippen molar-refractivity contribution in [2.24, 2.45) is 4.99 Å². The fourth-order valence-corrected chi connectivity index (χ4v) is 9.57. The van der Waals surface area contributed by atoms with Crippen LogP contribution in [-0.4, -0.2) is 14.8 Å². The molecule has 3 heterocycles. The van der Waals surface area contributed by atoms with Crippen LogP contribution in [0.3, 0.4) is 0 Å². The Hall–Kier alpha value is -6.91. The van der Waals surface area contributed by atoms with Crippen LogP contribution >= 0.6 is 0 Å². The number of rotatable bonds is 3. The average molecular weight is 691 g/mol. The molecule has 1 atom stereocenters. The van der Waals surface area contributed by atoms with Gasteiger partial charge in [0.2, 0.25) is 6.29 Å². The first-order valence-corrected chi connectivity index (χ1v) is 18.9.